The van der Waals surface area contributed by atoms with Crippen molar-refractivity contribution in [2.24, 2.45) is 5.92 Å². The molecule has 2 unspecified atom stereocenters. The predicted octanol–water partition coefficient (Wildman–Crippen LogP) is 3.88. The largest absolute Gasteiger partial charge is 0.303 e. The number of hydrogen-bond donors (Lipinski definition) is 0. The van der Waals surface area contributed by atoms with Crippen LogP contribution < -0.4 is 0 Å². The Labute approximate surface area is 95.9 Å². The van der Waals surface area contributed by atoms with Crippen LogP contribution in [-0.4, -0.2) is 24.5 Å². The van der Waals surface area contributed by atoms with Gasteiger partial charge in [-0.05, 0) is 33.2 Å². The van der Waals surface area contributed by atoms with Crippen molar-refractivity contribution in [2.45, 2.75) is 46.6 Å². The Morgan fingerprint density at radius 2 is 1.87 bits per heavy atom. The molecule has 0 rings (SSSR count). The molecule has 0 aliphatic carbocycles. The van der Waals surface area contributed by atoms with Gasteiger partial charge < -0.3 is 4.90 Å². The first-order valence-electron chi connectivity index (χ1n) is 6.11. The van der Waals surface area contributed by atoms with Crippen LogP contribution >= 0.6 is 0 Å². The van der Waals surface area contributed by atoms with E-state index in [-0.39, 0.29) is 0 Å². The topological polar surface area (TPSA) is 3.24 Å². The van der Waals surface area contributed by atoms with Gasteiger partial charge in [0.2, 0.25) is 0 Å². The summed E-state index contributed by atoms with van der Waals surface area (Å²) in [7, 11) is 2.22. The molecule has 0 N–H and O–H groups in total. The van der Waals surface area contributed by atoms with E-state index >= 15 is 0 Å². The second-order valence-corrected chi connectivity index (χ2v) is 4.47. The summed E-state index contributed by atoms with van der Waals surface area (Å²) in [6, 6.07) is 0.701. The van der Waals surface area contributed by atoms with Crippen LogP contribution in [0.4, 0.5) is 0 Å². The van der Waals surface area contributed by atoms with Gasteiger partial charge in [-0.3, -0.25) is 0 Å². The molecule has 0 saturated heterocycles. The van der Waals surface area contributed by atoms with Gasteiger partial charge in [-0.2, -0.15) is 0 Å². The van der Waals surface area contributed by atoms with Gasteiger partial charge in [-0.25, -0.2) is 0 Å². The molecule has 2 atom stereocenters. The highest BCUT2D eigenvalue weighted by Crippen LogP contribution is 2.08. The molecule has 15 heavy (non-hydrogen) atoms. The third-order valence-electron chi connectivity index (χ3n) is 2.78. The highest BCUT2D eigenvalue weighted by molar-refractivity contribution is 5.02. The average Bonchev–Trinajstić information content (AvgIpc) is 2.18. The Balaban J connectivity index is 3.89. The minimum Gasteiger partial charge on any atom is -0.303 e. The second kappa shape index (κ2) is 8.72. The van der Waals surface area contributed by atoms with Gasteiger partial charge in [0.1, 0.15) is 0 Å². The van der Waals surface area contributed by atoms with Crippen molar-refractivity contribution in [3.05, 3.63) is 24.3 Å². The average molecular weight is 209 g/mol. The lowest BCUT2D eigenvalue weighted by Crippen LogP contribution is -2.32. The molecule has 0 aromatic carbocycles. The molecule has 0 aliphatic rings. The van der Waals surface area contributed by atoms with E-state index in [1.54, 1.807) is 0 Å². The minimum absolute atomic E-state index is 0.630. The fraction of sp³-hybridized carbons (Fsp3) is 0.714. The summed E-state index contributed by atoms with van der Waals surface area (Å²) < 4.78 is 0. The first-order valence-corrected chi connectivity index (χ1v) is 6.11. The molecule has 0 aromatic rings. The van der Waals surface area contributed by atoms with Crippen LogP contribution in [0.3, 0.4) is 0 Å². The lowest BCUT2D eigenvalue weighted by atomic mass is 10.1. The van der Waals surface area contributed by atoms with Gasteiger partial charge in [0.15, 0.2) is 0 Å². The van der Waals surface area contributed by atoms with Crippen molar-refractivity contribution in [3.8, 4) is 0 Å². The van der Waals surface area contributed by atoms with E-state index in [4.69, 9.17) is 0 Å². The maximum atomic E-state index is 2.45. The van der Waals surface area contributed by atoms with E-state index in [1.165, 1.54) is 12.8 Å². The van der Waals surface area contributed by atoms with Crippen molar-refractivity contribution in [3.63, 3.8) is 0 Å². The van der Waals surface area contributed by atoms with Crippen LogP contribution in [0.2, 0.25) is 0 Å². The lowest BCUT2D eigenvalue weighted by Gasteiger charge is -2.26. The Hall–Kier alpha value is -0.560. The van der Waals surface area contributed by atoms with Gasteiger partial charge in [-0.15, -0.1) is 0 Å². The zero-order valence-corrected chi connectivity index (χ0v) is 11.0. The maximum Gasteiger partial charge on any atom is 0.00640 e. The van der Waals surface area contributed by atoms with E-state index in [0.717, 1.165) is 6.54 Å². The van der Waals surface area contributed by atoms with Crippen molar-refractivity contribution >= 4 is 0 Å². The maximum absolute atomic E-state index is 2.45. The molecular weight excluding hydrogens is 182 g/mol. The standard InChI is InChI=1S/C14H27N/c1-6-8-9-11-13(3)12-15(5)14(4)10-7-2/h6,8-9,11,13-14H,7,10,12H2,1-5H3/b8-6-,11-9-. The summed E-state index contributed by atoms with van der Waals surface area (Å²) >= 11 is 0. The molecule has 0 fully saturated rings. The summed E-state index contributed by atoms with van der Waals surface area (Å²) in [5.41, 5.74) is 0. The molecule has 0 aliphatic heterocycles. The van der Waals surface area contributed by atoms with Gasteiger partial charge in [0.25, 0.3) is 0 Å². The SMILES string of the molecule is C/C=C\C=C/C(C)CN(C)C(C)CCC. The molecule has 88 valence electrons. The third kappa shape index (κ3) is 7.38. The molecule has 0 radical (unpaired) electrons. The fourth-order valence-corrected chi connectivity index (χ4v) is 1.70. The predicted molar refractivity (Wildman–Crippen MR) is 70.1 cm³/mol. The van der Waals surface area contributed by atoms with Crippen molar-refractivity contribution < 1.29 is 0 Å². The van der Waals surface area contributed by atoms with Crippen molar-refractivity contribution in [2.75, 3.05) is 13.6 Å². The highest BCUT2D eigenvalue weighted by atomic mass is 15.1. The van der Waals surface area contributed by atoms with Gasteiger partial charge in [0, 0.05) is 12.6 Å². The van der Waals surface area contributed by atoms with Crippen LogP contribution in [0.5, 0.6) is 0 Å². The van der Waals surface area contributed by atoms with Crippen LogP contribution in [0.1, 0.15) is 40.5 Å². The lowest BCUT2D eigenvalue weighted by molar-refractivity contribution is 0.227. The quantitative estimate of drug-likeness (QED) is 0.575. The smallest absolute Gasteiger partial charge is 0.00640 e. The molecule has 0 spiro atoms. The van der Waals surface area contributed by atoms with Gasteiger partial charge >= 0.3 is 0 Å². The van der Waals surface area contributed by atoms with E-state index in [9.17, 15) is 0 Å². The molecular formula is C14H27N. The summed E-state index contributed by atoms with van der Waals surface area (Å²) in [4.78, 5) is 2.45. The second-order valence-electron chi connectivity index (χ2n) is 4.47. The van der Waals surface area contributed by atoms with Crippen LogP contribution in [0.15, 0.2) is 24.3 Å². The van der Waals surface area contributed by atoms with Crippen LogP contribution in [-0.2, 0) is 0 Å². The number of nitrogens with zero attached hydrogens (tertiary/aromatic N) is 1. The molecule has 0 amide bonds. The summed E-state index contributed by atoms with van der Waals surface area (Å²) in [6.07, 6.45) is 11.1. The zero-order chi connectivity index (χ0) is 11.7. The minimum atomic E-state index is 0.630. The van der Waals surface area contributed by atoms with E-state index in [2.05, 4.69) is 57.0 Å². The molecule has 0 saturated carbocycles. The highest BCUT2D eigenvalue weighted by Gasteiger charge is 2.09. The molecule has 0 heterocycles. The van der Waals surface area contributed by atoms with Crippen molar-refractivity contribution in [1.82, 2.24) is 4.90 Å². The van der Waals surface area contributed by atoms with Crippen molar-refractivity contribution in [1.29, 1.82) is 0 Å². The Morgan fingerprint density at radius 3 is 2.40 bits per heavy atom. The van der Waals surface area contributed by atoms with E-state index in [1.807, 2.05) is 6.92 Å². The molecule has 1 heteroatoms. The first kappa shape index (κ1) is 14.4. The Morgan fingerprint density at radius 1 is 1.20 bits per heavy atom. The van der Waals surface area contributed by atoms with Gasteiger partial charge in [-0.1, -0.05) is 44.6 Å². The monoisotopic (exact) mass is 209 g/mol. The zero-order valence-electron chi connectivity index (χ0n) is 11.0. The molecule has 0 aromatic heterocycles. The first-order chi connectivity index (χ1) is 7.11. The van der Waals surface area contributed by atoms with Crippen LogP contribution in [0, 0.1) is 5.92 Å². The summed E-state index contributed by atoms with van der Waals surface area (Å²) in [5, 5.41) is 0. The van der Waals surface area contributed by atoms with Gasteiger partial charge in [0.05, 0.1) is 0 Å². The number of rotatable bonds is 7. The van der Waals surface area contributed by atoms with E-state index in [0.29, 0.717) is 12.0 Å². The Bertz CT molecular complexity index is 194. The van der Waals surface area contributed by atoms with E-state index < -0.39 is 0 Å². The van der Waals surface area contributed by atoms with Crippen LogP contribution in [0.25, 0.3) is 0 Å². The summed E-state index contributed by atoms with van der Waals surface area (Å²) in [5.74, 6) is 0.630. The normalized spacial score (nSPS) is 16.7. The Kier molecular flexibility index (Phi) is 8.40. The number of allylic oxidation sites excluding steroid dienone is 3. The molecule has 1 nitrogen and oxygen atoms in total. The fourth-order valence-electron chi connectivity index (χ4n) is 1.70. The summed E-state index contributed by atoms with van der Waals surface area (Å²) in [6.45, 7) is 10.0. The molecule has 0 bridgehead atoms. The number of hydrogen-bond acceptors (Lipinski definition) is 1. The third-order valence-corrected chi connectivity index (χ3v) is 2.78.